The van der Waals surface area contributed by atoms with E-state index in [2.05, 4.69) is 10.6 Å². The number of hydrogen-bond acceptors (Lipinski definition) is 9. The molecule has 1 aliphatic rings. The molecule has 0 fully saturated rings. The molecular weight excluding hydrogens is 454 g/mol. The van der Waals surface area contributed by atoms with E-state index >= 15 is 0 Å². The zero-order chi connectivity index (χ0) is 25.7. The fraction of sp³-hybridized carbons (Fsp3) is 0.714. The molecule has 0 bridgehead atoms. The molecule has 13 nitrogen and oxygen atoms in total. The van der Waals surface area contributed by atoms with Crippen LogP contribution in [0.3, 0.4) is 0 Å². The summed E-state index contributed by atoms with van der Waals surface area (Å²) in [5.74, 6) is -2.66. The molecule has 34 heavy (non-hydrogen) atoms. The summed E-state index contributed by atoms with van der Waals surface area (Å²) < 4.78 is 0. The first kappa shape index (κ1) is 29.5. The monoisotopic (exact) mass is 489 g/mol. The largest absolute Gasteiger partial charge is 0.480 e. The molecule has 1 aliphatic heterocycles. The van der Waals surface area contributed by atoms with Crippen molar-refractivity contribution in [3.8, 4) is 0 Å². The lowest BCUT2D eigenvalue weighted by Gasteiger charge is -2.20. The van der Waals surface area contributed by atoms with Gasteiger partial charge in [0.15, 0.2) is 0 Å². The Morgan fingerprint density at radius 3 is 2.32 bits per heavy atom. The molecule has 0 saturated heterocycles. The number of aliphatic hydroxyl groups is 5. The number of aliphatic carboxylic acids is 1. The molecule has 1 unspecified atom stereocenters. The molecule has 0 aliphatic carbocycles. The number of carbonyl (C=O) groups excluding carboxylic acids is 3. The third kappa shape index (κ3) is 11.0. The second-order valence-corrected chi connectivity index (χ2v) is 8.12. The summed E-state index contributed by atoms with van der Waals surface area (Å²) in [6.45, 7) is -0.576. The van der Waals surface area contributed by atoms with Gasteiger partial charge >= 0.3 is 5.97 Å². The first-order valence-electron chi connectivity index (χ1n) is 11.2. The second-order valence-electron chi connectivity index (χ2n) is 8.12. The van der Waals surface area contributed by atoms with E-state index < -0.39 is 55.0 Å². The first-order chi connectivity index (χ1) is 16.0. The Kier molecular flexibility index (Phi) is 13.3. The second kappa shape index (κ2) is 15.3. The van der Waals surface area contributed by atoms with Gasteiger partial charge in [-0.15, -0.1) is 0 Å². The van der Waals surface area contributed by atoms with E-state index in [0.717, 1.165) is 0 Å². The van der Waals surface area contributed by atoms with E-state index in [0.29, 0.717) is 25.8 Å². The number of amides is 3. The van der Waals surface area contributed by atoms with Crippen molar-refractivity contribution in [1.29, 1.82) is 0 Å². The highest BCUT2D eigenvalue weighted by atomic mass is 16.4. The molecule has 13 heteroatoms. The lowest BCUT2D eigenvalue weighted by molar-refractivity contribution is -0.142. The van der Waals surface area contributed by atoms with Crippen LogP contribution in [0.25, 0.3) is 0 Å². The van der Waals surface area contributed by atoms with Crippen LogP contribution in [0.5, 0.6) is 0 Å². The van der Waals surface area contributed by atoms with Crippen LogP contribution in [-0.4, -0.2) is 110 Å². The maximum atomic E-state index is 12.0. The minimum Gasteiger partial charge on any atom is -0.480 e. The summed E-state index contributed by atoms with van der Waals surface area (Å²) in [4.78, 5) is 48.1. The lowest BCUT2D eigenvalue weighted by atomic mass is 10.1. The van der Waals surface area contributed by atoms with Crippen LogP contribution < -0.4 is 10.6 Å². The van der Waals surface area contributed by atoms with E-state index in [9.17, 15) is 44.7 Å². The summed E-state index contributed by atoms with van der Waals surface area (Å²) in [7, 11) is 0. The van der Waals surface area contributed by atoms with Gasteiger partial charge in [0, 0.05) is 38.4 Å². The Morgan fingerprint density at radius 1 is 1.03 bits per heavy atom. The third-order valence-corrected chi connectivity index (χ3v) is 5.29. The van der Waals surface area contributed by atoms with Gasteiger partial charge in [-0.25, -0.2) is 4.79 Å². The SMILES string of the molecule is O=C(CC[C@H](NC(=O)CCCCCN1C(=O)C=CC1O)C(=O)O)NC[C@H](O)[C@@H](O)C[C@H](O)CO. The molecule has 0 radical (unpaired) electrons. The van der Waals surface area contributed by atoms with Gasteiger partial charge < -0.3 is 46.2 Å². The molecule has 0 saturated carbocycles. The van der Waals surface area contributed by atoms with E-state index in [1.165, 1.54) is 17.1 Å². The van der Waals surface area contributed by atoms with Crippen molar-refractivity contribution < 1.29 is 49.8 Å². The van der Waals surface area contributed by atoms with Gasteiger partial charge in [-0.3, -0.25) is 14.4 Å². The van der Waals surface area contributed by atoms with E-state index in [1.807, 2.05) is 0 Å². The van der Waals surface area contributed by atoms with Crippen molar-refractivity contribution in [2.45, 2.75) is 75.5 Å². The van der Waals surface area contributed by atoms with Gasteiger partial charge in [-0.05, 0) is 25.3 Å². The average molecular weight is 490 g/mol. The van der Waals surface area contributed by atoms with Gasteiger partial charge in [0.1, 0.15) is 12.3 Å². The zero-order valence-corrected chi connectivity index (χ0v) is 18.9. The number of carboxylic acids is 1. The molecule has 0 spiro atoms. The molecule has 0 aromatic heterocycles. The normalized spacial score (nSPS) is 18.9. The minimum absolute atomic E-state index is 0.0640. The van der Waals surface area contributed by atoms with Crippen molar-refractivity contribution >= 4 is 23.7 Å². The van der Waals surface area contributed by atoms with Gasteiger partial charge in [0.25, 0.3) is 0 Å². The number of rotatable bonds is 17. The summed E-state index contributed by atoms with van der Waals surface area (Å²) in [5.41, 5.74) is 0. The maximum Gasteiger partial charge on any atom is 0.326 e. The number of carbonyl (C=O) groups is 4. The number of nitrogens with one attached hydrogen (secondary N) is 2. The molecule has 3 amide bonds. The maximum absolute atomic E-state index is 12.0. The van der Waals surface area contributed by atoms with Gasteiger partial charge in [0.05, 0.1) is 24.9 Å². The number of carboxylic acid groups (broad SMARTS) is 1. The molecular formula is C21H35N3O10. The summed E-state index contributed by atoms with van der Waals surface area (Å²) in [6, 6.07) is -1.28. The highest BCUT2D eigenvalue weighted by Gasteiger charge is 2.24. The zero-order valence-electron chi connectivity index (χ0n) is 18.9. The minimum atomic E-state index is -1.39. The Balaban J connectivity index is 2.26. The van der Waals surface area contributed by atoms with Crippen molar-refractivity contribution in [2.75, 3.05) is 19.7 Å². The predicted octanol–water partition coefficient (Wildman–Crippen LogP) is -2.81. The van der Waals surface area contributed by atoms with Crippen LogP contribution in [0.2, 0.25) is 0 Å². The van der Waals surface area contributed by atoms with Crippen molar-refractivity contribution in [3.63, 3.8) is 0 Å². The predicted molar refractivity (Wildman–Crippen MR) is 117 cm³/mol. The summed E-state index contributed by atoms with van der Waals surface area (Å²) >= 11 is 0. The molecule has 0 aromatic carbocycles. The van der Waals surface area contributed by atoms with Crippen LogP contribution in [0.1, 0.15) is 44.9 Å². The highest BCUT2D eigenvalue weighted by Crippen LogP contribution is 2.11. The number of hydrogen-bond donors (Lipinski definition) is 8. The summed E-state index contributed by atoms with van der Waals surface area (Å²) in [5, 5.41) is 61.0. The Hall–Kier alpha value is -2.58. The molecule has 0 aromatic rings. The fourth-order valence-corrected chi connectivity index (χ4v) is 3.24. The van der Waals surface area contributed by atoms with Gasteiger partial charge in [0.2, 0.25) is 17.7 Å². The molecule has 5 atom stereocenters. The molecule has 1 heterocycles. The Bertz CT molecular complexity index is 717. The average Bonchev–Trinajstić information content (AvgIpc) is 3.11. The molecule has 194 valence electrons. The highest BCUT2D eigenvalue weighted by molar-refractivity contribution is 5.90. The third-order valence-electron chi connectivity index (χ3n) is 5.29. The van der Waals surface area contributed by atoms with Crippen LogP contribution >= 0.6 is 0 Å². The van der Waals surface area contributed by atoms with Crippen molar-refractivity contribution in [1.82, 2.24) is 15.5 Å². The van der Waals surface area contributed by atoms with E-state index in [1.54, 1.807) is 0 Å². The molecule has 1 rings (SSSR count). The Labute approximate surface area is 197 Å². The summed E-state index contributed by atoms with van der Waals surface area (Å²) in [6.07, 6.45) is -1.26. The Morgan fingerprint density at radius 2 is 1.74 bits per heavy atom. The lowest BCUT2D eigenvalue weighted by Crippen LogP contribution is -2.43. The number of aliphatic hydroxyl groups excluding tert-OH is 5. The van der Waals surface area contributed by atoms with Crippen LogP contribution in [0.15, 0.2) is 12.2 Å². The topological polar surface area (TPSA) is 217 Å². The fourth-order valence-electron chi connectivity index (χ4n) is 3.24. The van der Waals surface area contributed by atoms with Crippen molar-refractivity contribution in [2.24, 2.45) is 0 Å². The molecule has 8 N–H and O–H groups in total. The van der Waals surface area contributed by atoms with E-state index in [-0.39, 0.29) is 38.1 Å². The van der Waals surface area contributed by atoms with Gasteiger partial charge in [-0.1, -0.05) is 6.42 Å². The van der Waals surface area contributed by atoms with E-state index in [4.69, 9.17) is 5.11 Å². The standard InChI is InChI=1S/C21H35N3O10/c25-12-13(26)10-15(27)16(28)11-22-17(29)6-5-14(21(33)34)23-18(30)4-2-1-3-9-24-19(31)7-8-20(24)32/h7-8,13-16,19,25-28,31H,1-6,9-12H2,(H,22,29)(H,23,30)(H,33,34)/t13-,14-,15-,16-,19?/m0/s1. The smallest absolute Gasteiger partial charge is 0.326 e. The first-order valence-corrected chi connectivity index (χ1v) is 11.2. The quantitative estimate of drug-likeness (QED) is 0.0981. The number of nitrogens with zero attached hydrogens (tertiary/aromatic N) is 1. The van der Waals surface area contributed by atoms with Crippen LogP contribution in [0.4, 0.5) is 0 Å². The van der Waals surface area contributed by atoms with Crippen molar-refractivity contribution in [3.05, 3.63) is 12.2 Å². The van der Waals surface area contributed by atoms with Gasteiger partial charge in [-0.2, -0.15) is 0 Å². The van der Waals surface area contributed by atoms with Crippen LogP contribution in [-0.2, 0) is 19.2 Å². The number of unbranched alkanes of at least 4 members (excludes halogenated alkanes) is 2. The van der Waals surface area contributed by atoms with Crippen LogP contribution in [0, 0.1) is 0 Å².